The summed E-state index contributed by atoms with van der Waals surface area (Å²) >= 11 is 0. The maximum absolute atomic E-state index is 6.69. The number of aryl methyl sites for hydroxylation is 2. The minimum Gasteiger partial charge on any atom is -0.509 e. The Balaban J connectivity index is 0.00000492. The van der Waals surface area contributed by atoms with Gasteiger partial charge in [-0.1, -0.05) is 122 Å². The van der Waals surface area contributed by atoms with E-state index in [1.54, 1.807) is 0 Å². The molecule has 0 aliphatic carbocycles. The van der Waals surface area contributed by atoms with E-state index in [0.717, 1.165) is 100 Å². The van der Waals surface area contributed by atoms with E-state index in [4.69, 9.17) is 9.72 Å². The van der Waals surface area contributed by atoms with Gasteiger partial charge in [-0.3, -0.25) is 0 Å². The second kappa shape index (κ2) is 16.6. The molecule has 0 N–H and O–H groups in total. The fraction of sp³-hybridized carbons (Fsp3) is 0.0476. The zero-order valence-electron chi connectivity index (χ0n) is 39.0. The van der Waals surface area contributed by atoms with Crippen molar-refractivity contribution in [1.82, 2.24) is 18.7 Å². The second-order valence-corrected chi connectivity index (χ2v) is 18.3. The van der Waals surface area contributed by atoms with E-state index in [0.29, 0.717) is 11.5 Å². The molecular weight excluding hydrogens is 1050 g/mol. The van der Waals surface area contributed by atoms with Crippen LogP contribution in [0.15, 0.2) is 200 Å². The van der Waals surface area contributed by atoms with E-state index >= 15 is 0 Å². The molecule has 0 fully saturated rings. The summed E-state index contributed by atoms with van der Waals surface area (Å²) in [4.78, 5) is 9.71. The Kier molecular flexibility index (Phi) is 10.0. The van der Waals surface area contributed by atoms with Gasteiger partial charge < -0.3 is 28.2 Å². The predicted octanol–water partition coefficient (Wildman–Crippen LogP) is 15.8. The number of hydrogen-bond donors (Lipinski definition) is 0. The molecule has 5 heterocycles. The average molecular weight is 1100 g/mol. The molecule has 0 atom stereocenters. The Labute approximate surface area is 425 Å². The van der Waals surface area contributed by atoms with Crippen molar-refractivity contribution in [3.63, 3.8) is 0 Å². The van der Waals surface area contributed by atoms with Crippen molar-refractivity contribution in [2.24, 2.45) is 0 Å². The summed E-state index contributed by atoms with van der Waals surface area (Å²) in [6, 6.07) is 76.3. The van der Waals surface area contributed by atoms with Gasteiger partial charge in [0.05, 0.1) is 33.4 Å². The fourth-order valence-corrected chi connectivity index (χ4v) is 11.1. The molecule has 0 unspecified atom stereocenters. The van der Waals surface area contributed by atoms with Gasteiger partial charge in [0.15, 0.2) is 0 Å². The monoisotopic (exact) mass is 1090 g/mol. The summed E-state index contributed by atoms with van der Waals surface area (Å²) in [7, 11) is 2.06. The minimum atomic E-state index is 0. The third-order valence-corrected chi connectivity index (χ3v) is 14.1. The van der Waals surface area contributed by atoms with Gasteiger partial charge in [0.2, 0.25) is 0 Å². The normalized spacial score (nSPS) is 12.5. The molecular formula is C63H43N6OPt-3. The van der Waals surface area contributed by atoms with Crippen LogP contribution in [0.5, 0.6) is 11.5 Å². The number of hydrogen-bond acceptors (Lipinski definition) is 4. The average Bonchev–Trinajstić information content (AvgIpc) is 4.12. The summed E-state index contributed by atoms with van der Waals surface area (Å²) < 4.78 is 13.8. The Morgan fingerprint density at radius 1 is 0.465 bits per heavy atom. The van der Waals surface area contributed by atoms with E-state index in [1.165, 1.54) is 21.5 Å². The van der Waals surface area contributed by atoms with Gasteiger partial charge >= 0.3 is 0 Å². The van der Waals surface area contributed by atoms with Gasteiger partial charge in [0.1, 0.15) is 5.82 Å². The molecule has 8 heteroatoms. The van der Waals surface area contributed by atoms with Crippen LogP contribution in [0.25, 0.3) is 93.7 Å². The molecule has 4 aromatic heterocycles. The van der Waals surface area contributed by atoms with Crippen LogP contribution in [0.3, 0.4) is 0 Å². The summed E-state index contributed by atoms with van der Waals surface area (Å²) in [6.07, 6.45) is 2.07. The molecule has 7 nitrogen and oxygen atoms in total. The van der Waals surface area contributed by atoms with Gasteiger partial charge in [0, 0.05) is 88.3 Å². The van der Waals surface area contributed by atoms with Gasteiger partial charge in [0.25, 0.3) is 0 Å². The number of pyridine rings is 1. The standard InChI is InChI=1S/C63H43N6O.Pt/c1-40-33-42(66-39-65(3)57-27-14-15-28-58(57)66)36-44(34-40)70-43-31-32-50-49-21-8-13-26-56(49)69(61(50)37-43)62-35-41(2)51(38-64-62)63-59(67-52-22-9-4-17-45(52)46-18-5-10-23-53(46)67)29-16-30-60(63)68-54-24-11-6-19-47(54)48-20-7-12-25-55(48)68;/h4-35,38-39H,1-3H3;/q-3;. The predicted molar refractivity (Wildman–Crippen MR) is 288 cm³/mol. The van der Waals surface area contributed by atoms with Gasteiger partial charge in [-0.25, -0.2) is 4.98 Å². The second-order valence-electron chi connectivity index (χ2n) is 18.3. The van der Waals surface area contributed by atoms with Crippen LogP contribution in [0.1, 0.15) is 11.1 Å². The largest absolute Gasteiger partial charge is 0.509 e. The molecule has 9 aromatic carbocycles. The number of benzene rings is 9. The molecule has 13 aromatic rings. The first-order valence-corrected chi connectivity index (χ1v) is 23.7. The summed E-state index contributed by atoms with van der Waals surface area (Å²) in [5.41, 5.74) is 16.1. The topological polar surface area (TPSA) is 43.4 Å². The van der Waals surface area contributed by atoms with Crippen LogP contribution in [-0.2, 0) is 21.1 Å². The van der Waals surface area contributed by atoms with Crippen molar-refractivity contribution in [2.75, 3.05) is 16.8 Å². The molecule has 14 rings (SSSR count). The molecule has 71 heavy (non-hydrogen) atoms. The van der Waals surface area contributed by atoms with Crippen LogP contribution in [0.4, 0.5) is 17.1 Å². The zero-order valence-corrected chi connectivity index (χ0v) is 41.3. The number of nitrogens with zero attached hydrogens (tertiary/aromatic N) is 6. The van der Waals surface area contributed by atoms with Crippen LogP contribution < -0.4 is 14.5 Å². The van der Waals surface area contributed by atoms with Gasteiger partial charge in [-0.2, -0.15) is 18.3 Å². The molecule has 344 valence electrons. The van der Waals surface area contributed by atoms with Crippen LogP contribution in [0.2, 0.25) is 0 Å². The van der Waals surface area contributed by atoms with Gasteiger partial charge in [-0.15, -0.1) is 41.4 Å². The maximum atomic E-state index is 6.69. The summed E-state index contributed by atoms with van der Waals surface area (Å²) in [5.74, 6) is 2.01. The van der Waals surface area contributed by atoms with E-state index in [1.807, 2.05) is 12.1 Å². The summed E-state index contributed by atoms with van der Waals surface area (Å²) in [5, 5.41) is 7.04. The molecule has 0 spiro atoms. The Bertz CT molecular complexity index is 4040. The molecule has 0 saturated heterocycles. The Hall–Kier alpha value is -8.38. The smallest absolute Gasteiger partial charge is 0.135 e. The molecule has 0 bridgehead atoms. The van der Waals surface area contributed by atoms with Gasteiger partial charge in [-0.05, 0) is 85.6 Å². The van der Waals surface area contributed by atoms with E-state index in [9.17, 15) is 0 Å². The quantitative estimate of drug-likeness (QED) is 0.149. The molecule has 0 amide bonds. The Morgan fingerprint density at radius 3 is 1.52 bits per heavy atom. The SMILES string of the molecule is Cc1cc(Oc2[c-]c3c(cc2)c2ccccc2n3-c2cc(C)c(-c3c(-n4c5ccccc5c5ccccc54)cccc3-n3c4ccccc4c4ccccc43)cn2)[c-]c(N2[CH-]N(C)c3ccccc32)c1.[Pt]. The first-order chi connectivity index (χ1) is 34.5. The third-order valence-electron chi connectivity index (χ3n) is 14.1. The molecule has 1 aliphatic heterocycles. The van der Waals surface area contributed by atoms with Crippen molar-refractivity contribution in [3.8, 4) is 39.8 Å². The molecule has 1 aliphatic rings. The van der Waals surface area contributed by atoms with Crippen molar-refractivity contribution in [1.29, 1.82) is 0 Å². The van der Waals surface area contributed by atoms with Crippen LogP contribution >= 0.6 is 0 Å². The number of ether oxygens (including phenoxy) is 1. The van der Waals surface area contributed by atoms with Crippen LogP contribution in [-0.4, -0.2) is 25.7 Å². The first-order valence-electron chi connectivity index (χ1n) is 23.7. The Morgan fingerprint density at radius 2 is 0.958 bits per heavy atom. The number of rotatable bonds is 7. The number of anilines is 3. The minimum absolute atomic E-state index is 0. The third kappa shape index (κ3) is 6.64. The van der Waals surface area contributed by atoms with E-state index in [-0.39, 0.29) is 21.1 Å². The molecule has 0 saturated carbocycles. The van der Waals surface area contributed by atoms with Crippen molar-refractivity contribution in [2.45, 2.75) is 13.8 Å². The van der Waals surface area contributed by atoms with E-state index < -0.39 is 0 Å². The van der Waals surface area contributed by atoms with E-state index in [2.05, 4.69) is 251 Å². The van der Waals surface area contributed by atoms with Crippen molar-refractivity contribution in [3.05, 3.63) is 230 Å². The number of para-hydroxylation sites is 7. The first kappa shape index (κ1) is 42.7. The van der Waals surface area contributed by atoms with Crippen molar-refractivity contribution < 1.29 is 25.8 Å². The fourth-order valence-electron chi connectivity index (χ4n) is 11.1. The maximum Gasteiger partial charge on any atom is 0.135 e. The number of fused-ring (bicyclic) bond motifs is 10. The number of aromatic nitrogens is 4. The molecule has 0 radical (unpaired) electrons. The zero-order chi connectivity index (χ0) is 46.6. The van der Waals surface area contributed by atoms with Crippen LogP contribution in [0, 0.1) is 32.6 Å². The summed E-state index contributed by atoms with van der Waals surface area (Å²) in [6.45, 7) is 6.39. The van der Waals surface area contributed by atoms with Crippen molar-refractivity contribution >= 4 is 82.5 Å².